The monoisotopic (exact) mass is 283 g/mol. The van der Waals surface area contributed by atoms with Crippen LogP contribution in [-0.4, -0.2) is 17.1 Å². The molecular formula is C10H10BrN3O2. The molecule has 0 unspecified atom stereocenters. The highest BCUT2D eigenvalue weighted by molar-refractivity contribution is 9.10. The lowest BCUT2D eigenvalue weighted by Gasteiger charge is -2.06. The van der Waals surface area contributed by atoms with Gasteiger partial charge in [0.05, 0.1) is 23.0 Å². The van der Waals surface area contributed by atoms with Crippen LogP contribution in [0, 0.1) is 0 Å². The van der Waals surface area contributed by atoms with E-state index in [1.807, 2.05) is 0 Å². The summed E-state index contributed by atoms with van der Waals surface area (Å²) in [4.78, 5) is 8.44. The van der Waals surface area contributed by atoms with Crippen LogP contribution in [0.2, 0.25) is 0 Å². The van der Waals surface area contributed by atoms with Gasteiger partial charge in [-0.15, -0.1) is 0 Å². The van der Waals surface area contributed by atoms with Crippen LogP contribution < -0.4 is 5.73 Å². The first-order chi connectivity index (χ1) is 7.72. The van der Waals surface area contributed by atoms with Crippen LogP contribution in [0.4, 0.5) is 5.82 Å². The summed E-state index contributed by atoms with van der Waals surface area (Å²) in [5.41, 5.74) is 6.46. The number of hydrogen-bond acceptors (Lipinski definition) is 5. The number of hydrogen-bond donors (Lipinski definition) is 1. The molecule has 2 heterocycles. The van der Waals surface area contributed by atoms with Crippen molar-refractivity contribution in [1.82, 2.24) is 9.97 Å². The predicted molar refractivity (Wildman–Crippen MR) is 62.6 cm³/mol. The van der Waals surface area contributed by atoms with E-state index in [1.165, 1.54) is 0 Å². The van der Waals surface area contributed by atoms with Gasteiger partial charge >= 0.3 is 0 Å². The Bertz CT molecular complexity index is 485. The van der Waals surface area contributed by atoms with E-state index in [0.717, 1.165) is 0 Å². The highest BCUT2D eigenvalue weighted by atomic mass is 79.9. The number of rotatable bonds is 3. The molecule has 84 valence electrons. The summed E-state index contributed by atoms with van der Waals surface area (Å²) in [5, 5.41) is 0. The standard InChI is InChI=1S/C10H10BrN3O2/c1-15-5-6-8(11)9(12)14-10(13-6)7-3-2-4-16-7/h2-4H,5H2,1H3,(H2,12,13,14). The fourth-order valence-electron chi connectivity index (χ4n) is 1.26. The van der Waals surface area contributed by atoms with Crippen LogP contribution in [0.1, 0.15) is 5.69 Å². The average molecular weight is 284 g/mol. The lowest BCUT2D eigenvalue weighted by Crippen LogP contribution is -2.03. The third-order valence-corrected chi connectivity index (χ3v) is 2.83. The Morgan fingerprint density at radius 1 is 1.50 bits per heavy atom. The minimum Gasteiger partial charge on any atom is -0.461 e. The normalized spacial score (nSPS) is 10.6. The Hall–Kier alpha value is -1.40. The molecule has 2 aromatic rings. The van der Waals surface area contributed by atoms with E-state index in [9.17, 15) is 0 Å². The van der Waals surface area contributed by atoms with E-state index < -0.39 is 0 Å². The highest BCUT2D eigenvalue weighted by Crippen LogP contribution is 2.25. The number of methoxy groups -OCH3 is 1. The zero-order valence-electron chi connectivity index (χ0n) is 8.61. The summed E-state index contributed by atoms with van der Waals surface area (Å²) < 4.78 is 10.9. The van der Waals surface area contributed by atoms with Crippen LogP contribution in [0.3, 0.4) is 0 Å². The Kier molecular flexibility index (Phi) is 3.21. The molecule has 0 fully saturated rings. The van der Waals surface area contributed by atoms with Crippen molar-refractivity contribution in [2.24, 2.45) is 0 Å². The Morgan fingerprint density at radius 3 is 2.94 bits per heavy atom. The lowest BCUT2D eigenvalue weighted by molar-refractivity contribution is 0.181. The molecule has 0 radical (unpaired) electrons. The number of furan rings is 1. The molecule has 16 heavy (non-hydrogen) atoms. The van der Waals surface area contributed by atoms with Crippen molar-refractivity contribution in [3.05, 3.63) is 28.6 Å². The van der Waals surface area contributed by atoms with Gasteiger partial charge < -0.3 is 14.9 Å². The zero-order valence-corrected chi connectivity index (χ0v) is 10.2. The van der Waals surface area contributed by atoms with Crippen molar-refractivity contribution in [1.29, 1.82) is 0 Å². The SMILES string of the molecule is COCc1nc(-c2ccco2)nc(N)c1Br. The molecule has 0 saturated heterocycles. The van der Waals surface area contributed by atoms with Crippen molar-refractivity contribution in [3.8, 4) is 11.6 Å². The maximum Gasteiger partial charge on any atom is 0.198 e. The molecule has 2 rings (SSSR count). The Labute approximate surface area is 101 Å². The second-order valence-corrected chi connectivity index (χ2v) is 3.90. The Morgan fingerprint density at radius 2 is 2.31 bits per heavy atom. The second kappa shape index (κ2) is 4.63. The first kappa shape index (κ1) is 11.1. The molecule has 0 saturated carbocycles. The molecule has 5 nitrogen and oxygen atoms in total. The van der Waals surface area contributed by atoms with Crippen molar-refractivity contribution in [3.63, 3.8) is 0 Å². The first-order valence-electron chi connectivity index (χ1n) is 4.57. The maximum atomic E-state index is 5.76. The Balaban J connectivity index is 2.48. The van der Waals surface area contributed by atoms with E-state index in [2.05, 4.69) is 25.9 Å². The van der Waals surface area contributed by atoms with Crippen molar-refractivity contribution >= 4 is 21.7 Å². The maximum absolute atomic E-state index is 5.76. The molecule has 0 aromatic carbocycles. The molecule has 0 aliphatic carbocycles. The fraction of sp³-hybridized carbons (Fsp3) is 0.200. The summed E-state index contributed by atoms with van der Waals surface area (Å²) in [6.07, 6.45) is 1.56. The molecule has 0 aliphatic rings. The summed E-state index contributed by atoms with van der Waals surface area (Å²) in [5.74, 6) is 1.41. The number of ether oxygens (including phenoxy) is 1. The molecule has 6 heteroatoms. The number of nitrogen functional groups attached to an aromatic ring is 1. The average Bonchev–Trinajstić information content (AvgIpc) is 2.78. The van der Waals surface area contributed by atoms with Crippen molar-refractivity contribution in [2.75, 3.05) is 12.8 Å². The van der Waals surface area contributed by atoms with Gasteiger partial charge in [-0.3, -0.25) is 0 Å². The fourth-order valence-corrected chi connectivity index (χ4v) is 1.55. The largest absolute Gasteiger partial charge is 0.461 e. The molecule has 0 spiro atoms. The molecule has 2 aromatic heterocycles. The van der Waals surface area contributed by atoms with E-state index in [1.54, 1.807) is 25.5 Å². The zero-order chi connectivity index (χ0) is 11.5. The van der Waals surface area contributed by atoms with Crippen LogP contribution in [0.15, 0.2) is 27.3 Å². The summed E-state index contributed by atoms with van der Waals surface area (Å²) >= 11 is 3.32. The second-order valence-electron chi connectivity index (χ2n) is 3.10. The van der Waals surface area contributed by atoms with E-state index in [0.29, 0.717) is 34.2 Å². The molecule has 0 atom stereocenters. The van der Waals surface area contributed by atoms with Gasteiger partial charge in [0.2, 0.25) is 0 Å². The molecule has 0 bridgehead atoms. The number of halogens is 1. The van der Waals surface area contributed by atoms with Gasteiger partial charge in [-0.1, -0.05) is 0 Å². The van der Waals surface area contributed by atoms with Gasteiger partial charge in [-0.25, -0.2) is 9.97 Å². The lowest BCUT2D eigenvalue weighted by atomic mass is 10.3. The molecule has 2 N–H and O–H groups in total. The van der Waals surface area contributed by atoms with E-state index >= 15 is 0 Å². The van der Waals surface area contributed by atoms with Crippen molar-refractivity contribution < 1.29 is 9.15 Å². The van der Waals surface area contributed by atoms with E-state index in [4.69, 9.17) is 14.9 Å². The summed E-state index contributed by atoms with van der Waals surface area (Å²) in [6.45, 7) is 0.362. The van der Waals surface area contributed by atoms with Gasteiger partial charge in [0.25, 0.3) is 0 Å². The number of anilines is 1. The van der Waals surface area contributed by atoms with Gasteiger partial charge in [0.15, 0.2) is 11.6 Å². The third-order valence-electron chi connectivity index (χ3n) is 1.97. The number of nitrogens with zero attached hydrogens (tertiary/aromatic N) is 2. The topological polar surface area (TPSA) is 74.2 Å². The van der Waals surface area contributed by atoms with Crippen LogP contribution in [-0.2, 0) is 11.3 Å². The highest BCUT2D eigenvalue weighted by Gasteiger charge is 2.12. The quantitative estimate of drug-likeness (QED) is 0.935. The number of nitrogens with two attached hydrogens (primary N) is 1. The van der Waals surface area contributed by atoms with Gasteiger partial charge in [0, 0.05) is 7.11 Å². The molecule has 0 amide bonds. The third kappa shape index (κ3) is 2.07. The smallest absolute Gasteiger partial charge is 0.198 e. The number of aromatic nitrogens is 2. The minimum absolute atomic E-state index is 0.362. The van der Waals surface area contributed by atoms with Gasteiger partial charge in [-0.05, 0) is 28.1 Å². The summed E-state index contributed by atoms with van der Waals surface area (Å²) in [6, 6.07) is 3.55. The minimum atomic E-state index is 0.362. The van der Waals surface area contributed by atoms with Gasteiger partial charge in [0.1, 0.15) is 5.82 Å². The van der Waals surface area contributed by atoms with Gasteiger partial charge in [-0.2, -0.15) is 0 Å². The first-order valence-corrected chi connectivity index (χ1v) is 5.36. The molecule has 0 aliphatic heterocycles. The van der Waals surface area contributed by atoms with Crippen LogP contribution in [0.25, 0.3) is 11.6 Å². The predicted octanol–water partition coefficient (Wildman–Crippen LogP) is 2.23. The van der Waals surface area contributed by atoms with Crippen LogP contribution >= 0.6 is 15.9 Å². The molecular weight excluding hydrogens is 274 g/mol. The summed E-state index contributed by atoms with van der Waals surface area (Å²) in [7, 11) is 1.59. The van der Waals surface area contributed by atoms with E-state index in [-0.39, 0.29) is 0 Å². The van der Waals surface area contributed by atoms with Crippen LogP contribution in [0.5, 0.6) is 0 Å². The van der Waals surface area contributed by atoms with Crippen molar-refractivity contribution in [2.45, 2.75) is 6.61 Å².